The Morgan fingerprint density at radius 2 is 2.30 bits per heavy atom. The van der Waals surface area contributed by atoms with Crippen LogP contribution in [0.3, 0.4) is 0 Å². The largest absolute Gasteiger partial charge is 0.280 e. The molecule has 0 amide bonds. The van der Waals surface area contributed by atoms with Crippen LogP contribution in [0, 0.1) is 24.2 Å². The Morgan fingerprint density at radius 3 is 2.80 bits per heavy atom. The van der Waals surface area contributed by atoms with Crippen LogP contribution in [0.4, 0.5) is 0 Å². The molecule has 0 bridgehead atoms. The van der Waals surface area contributed by atoms with Gasteiger partial charge in [-0.1, -0.05) is 18.4 Å². The van der Waals surface area contributed by atoms with E-state index < -0.39 is 0 Å². The summed E-state index contributed by atoms with van der Waals surface area (Å²) >= 11 is 0. The van der Waals surface area contributed by atoms with E-state index in [4.69, 9.17) is 6.42 Å². The number of hydrogen-bond donors (Lipinski definition) is 0. The molecule has 0 aromatic heterocycles. The average molecular weight is 130 g/mol. The predicted octanol–water partition coefficient (Wildman–Crippen LogP) is 0.934. The number of carbonyl (C=O) groups excluding carboxylic acids is 1. The van der Waals surface area contributed by atoms with Crippen LogP contribution >= 0.6 is 0 Å². The van der Waals surface area contributed by atoms with Gasteiger partial charge in [0.25, 0.3) is 0 Å². The SMILES string of the molecule is C#CC=CC(=O)C#CC=C. The summed E-state index contributed by atoms with van der Waals surface area (Å²) in [6.45, 7) is 3.32. The quantitative estimate of drug-likeness (QED) is 0.293. The number of rotatable bonds is 1. The highest BCUT2D eigenvalue weighted by atomic mass is 16.1. The van der Waals surface area contributed by atoms with Gasteiger partial charge in [0, 0.05) is 6.08 Å². The molecule has 1 nitrogen and oxygen atoms in total. The van der Waals surface area contributed by atoms with Crippen LogP contribution in [-0.4, -0.2) is 5.78 Å². The summed E-state index contributed by atoms with van der Waals surface area (Å²) in [5.41, 5.74) is 0. The van der Waals surface area contributed by atoms with Gasteiger partial charge in [-0.25, -0.2) is 0 Å². The van der Waals surface area contributed by atoms with E-state index in [-0.39, 0.29) is 5.78 Å². The van der Waals surface area contributed by atoms with Gasteiger partial charge in [0.2, 0.25) is 5.78 Å². The van der Waals surface area contributed by atoms with E-state index in [1.807, 2.05) is 0 Å². The summed E-state index contributed by atoms with van der Waals surface area (Å²) in [4.78, 5) is 10.6. The van der Waals surface area contributed by atoms with Crippen molar-refractivity contribution in [3.8, 4) is 24.2 Å². The Morgan fingerprint density at radius 1 is 1.60 bits per heavy atom. The molecule has 0 radical (unpaired) electrons. The van der Waals surface area contributed by atoms with Gasteiger partial charge in [0.05, 0.1) is 0 Å². The smallest absolute Gasteiger partial charge is 0.229 e. The molecule has 0 saturated carbocycles. The molecule has 0 aliphatic heterocycles. The zero-order valence-electron chi connectivity index (χ0n) is 5.42. The highest BCUT2D eigenvalue weighted by molar-refractivity contribution is 6.04. The second-order valence-corrected chi connectivity index (χ2v) is 1.34. The molecule has 0 saturated heterocycles. The lowest BCUT2D eigenvalue weighted by Crippen LogP contribution is -1.83. The Kier molecular flexibility index (Phi) is 4.47. The first-order valence-corrected chi connectivity index (χ1v) is 2.60. The Hall–Kier alpha value is -1.73. The molecule has 48 valence electrons. The summed E-state index contributed by atoms with van der Waals surface area (Å²) in [5.74, 6) is 6.55. The highest BCUT2D eigenvalue weighted by Crippen LogP contribution is 1.72. The lowest BCUT2D eigenvalue weighted by molar-refractivity contribution is -0.109. The second-order valence-electron chi connectivity index (χ2n) is 1.34. The van der Waals surface area contributed by atoms with Crippen molar-refractivity contribution in [2.75, 3.05) is 0 Å². The molecule has 0 atom stereocenters. The van der Waals surface area contributed by atoms with Gasteiger partial charge in [-0.05, 0) is 18.1 Å². The minimum Gasteiger partial charge on any atom is -0.280 e. The maximum Gasteiger partial charge on any atom is 0.229 e. The van der Waals surface area contributed by atoms with Crippen molar-refractivity contribution in [3.05, 3.63) is 24.8 Å². The van der Waals surface area contributed by atoms with Crippen molar-refractivity contribution in [1.82, 2.24) is 0 Å². The van der Waals surface area contributed by atoms with Crippen LogP contribution < -0.4 is 0 Å². The summed E-state index contributed by atoms with van der Waals surface area (Å²) in [5, 5.41) is 0. The van der Waals surface area contributed by atoms with Gasteiger partial charge in [-0.2, -0.15) is 0 Å². The Bertz CT molecular complexity index is 253. The maximum atomic E-state index is 10.6. The first-order chi connectivity index (χ1) is 4.81. The zero-order chi connectivity index (χ0) is 7.82. The molecule has 10 heavy (non-hydrogen) atoms. The fraction of sp³-hybridized carbons (Fsp3) is 0. The van der Waals surface area contributed by atoms with E-state index in [1.54, 1.807) is 0 Å². The minimum absolute atomic E-state index is 0.308. The van der Waals surface area contributed by atoms with Gasteiger partial charge in [-0.3, -0.25) is 4.79 Å². The Labute approximate surface area is 60.4 Å². The van der Waals surface area contributed by atoms with Crippen molar-refractivity contribution in [2.45, 2.75) is 0 Å². The lowest BCUT2D eigenvalue weighted by atomic mass is 10.3. The van der Waals surface area contributed by atoms with Crippen molar-refractivity contribution >= 4 is 5.78 Å². The fourth-order valence-corrected chi connectivity index (χ4v) is 0.288. The molecule has 0 spiro atoms. The van der Waals surface area contributed by atoms with Crippen molar-refractivity contribution in [1.29, 1.82) is 0 Å². The molecule has 0 heterocycles. The topological polar surface area (TPSA) is 17.1 Å². The average Bonchev–Trinajstić information content (AvgIpc) is 1.97. The van der Waals surface area contributed by atoms with E-state index in [0.29, 0.717) is 0 Å². The number of terminal acetylenes is 1. The molecular weight excluding hydrogens is 124 g/mol. The summed E-state index contributed by atoms with van der Waals surface area (Å²) < 4.78 is 0. The molecule has 0 unspecified atom stereocenters. The molecule has 0 rings (SSSR count). The van der Waals surface area contributed by atoms with E-state index in [9.17, 15) is 4.79 Å². The molecule has 0 aliphatic carbocycles. The second kappa shape index (κ2) is 5.41. The predicted molar refractivity (Wildman–Crippen MR) is 41.0 cm³/mol. The Balaban J connectivity index is 4.02. The summed E-state index contributed by atoms with van der Waals surface area (Å²) in [7, 11) is 0. The fourth-order valence-electron chi connectivity index (χ4n) is 0.288. The lowest BCUT2D eigenvalue weighted by Gasteiger charge is -1.71. The molecular formula is C9H6O. The third kappa shape index (κ3) is 4.43. The maximum absolute atomic E-state index is 10.6. The number of carbonyl (C=O) groups is 1. The molecule has 0 aromatic rings. The molecule has 0 aromatic carbocycles. The van der Waals surface area contributed by atoms with Crippen LogP contribution in [-0.2, 0) is 4.79 Å². The molecule has 0 fully saturated rings. The van der Waals surface area contributed by atoms with Crippen LogP contribution in [0.1, 0.15) is 0 Å². The monoisotopic (exact) mass is 130 g/mol. The zero-order valence-corrected chi connectivity index (χ0v) is 5.42. The van der Waals surface area contributed by atoms with Crippen molar-refractivity contribution < 1.29 is 4.79 Å². The van der Waals surface area contributed by atoms with E-state index in [2.05, 4.69) is 24.3 Å². The molecule has 0 aliphatic rings. The summed E-state index contributed by atoms with van der Waals surface area (Å²) in [6.07, 6.45) is 8.74. The van der Waals surface area contributed by atoms with Gasteiger partial charge in [0.15, 0.2) is 0 Å². The van der Waals surface area contributed by atoms with Gasteiger partial charge < -0.3 is 0 Å². The minimum atomic E-state index is -0.308. The van der Waals surface area contributed by atoms with E-state index in [1.165, 1.54) is 18.2 Å². The van der Waals surface area contributed by atoms with Crippen molar-refractivity contribution in [2.24, 2.45) is 0 Å². The number of ketones is 1. The van der Waals surface area contributed by atoms with Crippen LogP contribution in [0.25, 0.3) is 0 Å². The van der Waals surface area contributed by atoms with Crippen LogP contribution in [0.15, 0.2) is 24.8 Å². The van der Waals surface area contributed by atoms with Crippen molar-refractivity contribution in [3.63, 3.8) is 0 Å². The standard InChI is InChI=1S/C9H6O/c1-3-5-7-9(10)8-6-4-2/h1,4-5,7H,2H2. The van der Waals surface area contributed by atoms with Crippen LogP contribution in [0.5, 0.6) is 0 Å². The van der Waals surface area contributed by atoms with Gasteiger partial charge >= 0.3 is 0 Å². The van der Waals surface area contributed by atoms with Gasteiger partial charge in [0.1, 0.15) is 0 Å². The van der Waals surface area contributed by atoms with Crippen LogP contribution in [0.2, 0.25) is 0 Å². The van der Waals surface area contributed by atoms with Gasteiger partial charge in [-0.15, -0.1) is 6.42 Å². The van der Waals surface area contributed by atoms with E-state index in [0.717, 1.165) is 0 Å². The number of hydrogen-bond acceptors (Lipinski definition) is 1. The first kappa shape index (κ1) is 8.27. The number of allylic oxidation sites excluding steroid dienone is 3. The normalized spacial score (nSPS) is 7.50. The highest BCUT2D eigenvalue weighted by Gasteiger charge is 1.82. The third-order valence-corrected chi connectivity index (χ3v) is 0.628. The van der Waals surface area contributed by atoms with E-state index >= 15 is 0 Å². The third-order valence-electron chi connectivity index (χ3n) is 0.628. The summed E-state index contributed by atoms with van der Waals surface area (Å²) in [6, 6.07) is 0. The molecule has 0 N–H and O–H groups in total. The first-order valence-electron chi connectivity index (χ1n) is 2.60. The molecule has 1 heteroatoms.